The van der Waals surface area contributed by atoms with Crippen LogP contribution in [-0.4, -0.2) is 24.5 Å². The molecule has 0 saturated carbocycles. The summed E-state index contributed by atoms with van der Waals surface area (Å²) >= 11 is 0. The summed E-state index contributed by atoms with van der Waals surface area (Å²) in [5.41, 5.74) is 0. The molecule has 0 N–H and O–H groups in total. The minimum absolute atomic E-state index is 0.161. The molecule has 0 aliphatic carbocycles. The number of rotatable bonds is 0. The van der Waals surface area contributed by atoms with Gasteiger partial charge in [0.1, 0.15) is 6.04 Å². The van der Waals surface area contributed by atoms with E-state index in [4.69, 9.17) is 5.26 Å². The Bertz CT molecular complexity index is 138. The molecule has 1 fully saturated rings. The first kappa shape index (κ1) is 7.56. The van der Waals surface area contributed by atoms with Crippen LogP contribution in [0.3, 0.4) is 0 Å². The normalized spacial score (nSPS) is 35.3. The molecule has 0 spiro atoms. The van der Waals surface area contributed by atoms with Crippen LogP contribution >= 0.6 is 0 Å². The summed E-state index contributed by atoms with van der Waals surface area (Å²) in [6.07, 6.45) is 2.46. The van der Waals surface area contributed by atoms with Gasteiger partial charge in [0.05, 0.1) is 6.07 Å². The number of hydrogen-bond acceptors (Lipinski definition) is 2. The minimum atomic E-state index is 0.161. The lowest BCUT2D eigenvalue weighted by Gasteiger charge is -2.32. The van der Waals surface area contributed by atoms with Gasteiger partial charge in [-0.3, -0.25) is 4.90 Å². The van der Waals surface area contributed by atoms with Gasteiger partial charge in [0, 0.05) is 0 Å². The Morgan fingerprint density at radius 1 is 1.60 bits per heavy atom. The van der Waals surface area contributed by atoms with Crippen LogP contribution in [0.1, 0.15) is 19.8 Å². The van der Waals surface area contributed by atoms with Crippen LogP contribution in [0.4, 0.5) is 0 Å². The Hall–Kier alpha value is -0.550. The van der Waals surface area contributed by atoms with E-state index in [-0.39, 0.29) is 6.04 Å². The Morgan fingerprint density at radius 2 is 2.30 bits per heavy atom. The van der Waals surface area contributed by atoms with Crippen molar-refractivity contribution in [3.05, 3.63) is 0 Å². The van der Waals surface area contributed by atoms with Gasteiger partial charge in [-0.05, 0) is 32.4 Å². The van der Waals surface area contributed by atoms with Gasteiger partial charge in [-0.2, -0.15) is 5.26 Å². The Labute approximate surface area is 62.4 Å². The maximum absolute atomic E-state index is 8.74. The highest BCUT2D eigenvalue weighted by Crippen LogP contribution is 2.20. The highest BCUT2D eigenvalue weighted by molar-refractivity contribution is 4.96. The molecule has 0 amide bonds. The van der Waals surface area contributed by atoms with Crippen molar-refractivity contribution < 1.29 is 0 Å². The molecule has 2 heteroatoms. The molecule has 0 aromatic heterocycles. The van der Waals surface area contributed by atoms with E-state index in [0.29, 0.717) is 5.92 Å². The zero-order valence-electron chi connectivity index (χ0n) is 6.67. The van der Waals surface area contributed by atoms with Gasteiger partial charge < -0.3 is 0 Å². The van der Waals surface area contributed by atoms with Crippen LogP contribution in [0.2, 0.25) is 0 Å². The van der Waals surface area contributed by atoms with Crippen LogP contribution in [-0.2, 0) is 0 Å². The molecule has 1 aliphatic heterocycles. The maximum Gasteiger partial charge on any atom is 0.100 e. The highest BCUT2D eigenvalue weighted by atomic mass is 15.1. The van der Waals surface area contributed by atoms with Gasteiger partial charge in [0.2, 0.25) is 0 Å². The summed E-state index contributed by atoms with van der Waals surface area (Å²) in [6, 6.07) is 2.49. The van der Waals surface area contributed by atoms with Gasteiger partial charge in [-0.1, -0.05) is 6.92 Å². The number of nitriles is 1. The Morgan fingerprint density at radius 3 is 2.70 bits per heavy atom. The van der Waals surface area contributed by atoms with Crippen LogP contribution in [0.5, 0.6) is 0 Å². The number of likely N-dealkylation sites (tertiary alicyclic amines) is 1. The smallest absolute Gasteiger partial charge is 0.100 e. The van der Waals surface area contributed by atoms with Gasteiger partial charge in [0.15, 0.2) is 0 Å². The molecule has 0 aromatic rings. The third kappa shape index (κ3) is 1.30. The molecule has 2 nitrogen and oxygen atoms in total. The molecule has 56 valence electrons. The summed E-state index contributed by atoms with van der Waals surface area (Å²) in [5.74, 6) is 0.559. The molecule has 0 aromatic carbocycles. The van der Waals surface area contributed by atoms with Gasteiger partial charge in [-0.25, -0.2) is 0 Å². The lowest BCUT2D eigenvalue weighted by Crippen LogP contribution is -2.40. The molecule has 1 saturated heterocycles. The topological polar surface area (TPSA) is 27.0 Å². The summed E-state index contributed by atoms with van der Waals surface area (Å²) < 4.78 is 0. The molecule has 2 atom stereocenters. The quantitative estimate of drug-likeness (QED) is 0.503. The standard InChI is InChI=1S/C8H14N2/c1-7-4-3-5-10(2)8(7)6-9/h7-8H,3-5H2,1-2H3. The van der Waals surface area contributed by atoms with Crippen molar-refractivity contribution in [1.29, 1.82) is 5.26 Å². The van der Waals surface area contributed by atoms with Gasteiger partial charge in [-0.15, -0.1) is 0 Å². The largest absolute Gasteiger partial charge is 0.291 e. The van der Waals surface area contributed by atoms with E-state index in [0.717, 1.165) is 6.54 Å². The van der Waals surface area contributed by atoms with Crippen LogP contribution in [0, 0.1) is 17.2 Å². The van der Waals surface area contributed by atoms with Crippen molar-refractivity contribution in [3.63, 3.8) is 0 Å². The predicted octanol–water partition coefficient (Wildman–Crippen LogP) is 1.24. The van der Waals surface area contributed by atoms with E-state index in [1.54, 1.807) is 0 Å². The second kappa shape index (κ2) is 3.03. The summed E-state index contributed by atoms with van der Waals surface area (Å²) in [7, 11) is 2.03. The SMILES string of the molecule is CC1CCCN(C)C1C#N. The van der Waals surface area contributed by atoms with Crippen molar-refractivity contribution in [1.82, 2.24) is 4.90 Å². The number of nitrogens with zero attached hydrogens (tertiary/aromatic N) is 2. The first-order valence-corrected chi connectivity index (χ1v) is 3.85. The van der Waals surface area contributed by atoms with Crippen LogP contribution in [0.25, 0.3) is 0 Å². The van der Waals surface area contributed by atoms with Crippen molar-refractivity contribution >= 4 is 0 Å². The van der Waals surface area contributed by atoms with Crippen LogP contribution < -0.4 is 0 Å². The van der Waals surface area contributed by atoms with Crippen molar-refractivity contribution in [3.8, 4) is 6.07 Å². The van der Waals surface area contributed by atoms with E-state index < -0.39 is 0 Å². The Balaban J connectivity index is 2.56. The molecular weight excluding hydrogens is 124 g/mol. The fourth-order valence-electron chi connectivity index (χ4n) is 1.62. The molecule has 1 rings (SSSR count). The monoisotopic (exact) mass is 138 g/mol. The minimum Gasteiger partial charge on any atom is -0.291 e. The molecule has 0 bridgehead atoms. The van der Waals surface area contributed by atoms with E-state index in [1.165, 1.54) is 12.8 Å². The van der Waals surface area contributed by atoms with Crippen LogP contribution in [0.15, 0.2) is 0 Å². The third-order valence-electron chi connectivity index (χ3n) is 2.32. The first-order chi connectivity index (χ1) is 4.75. The van der Waals surface area contributed by atoms with Gasteiger partial charge in [0.25, 0.3) is 0 Å². The van der Waals surface area contributed by atoms with Crippen molar-refractivity contribution in [2.24, 2.45) is 5.92 Å². The lowest BCUT2D eigenvalue weighted by molar-refractivity contribution is 0.171. The molecule has 1 heterocycles. The fraction of sp³-hybridized carbons (Fsp3) is 0.875. The first-order valence-electron chi connectivity index (χ1n) is 3.85. The van der Waals surface area contributed by atoms with E-state index in [2.05, 4.69) is 17.9 Å². The molecule has 10 heavy (non-hydrogen) atoms. The average Bonchev–Trinajstić information content (AvgIpc) is 1.88. The highest BCUT2D eigenvalue weighted by Gasteiger charge is 2.24. The summed E-state index contributed by atoms with van der Waals surface area (Å²) in [6.45, 7) is 3.24. The summed E-state index contributed by atoms with van der Waals surface area (Å²) in [5, 5.41) is 8.74. The zero-order chi connectivity index (χ0) is 7.56. The summed E-state index contributed by atoms with van der Waals surface area (Å²) in [4.78, 5) is 2.15. The molecular formula is C8H14N2. The molecule has 0 radical (unpaired) electrons. The molecule has 1 aliphatic rings. The second-order valence-electron chi connectivity index (χ2n) is 3.17. The zero-order valence-corrected chi connectivity index (χ0v) is 6.67. The van der Waals surface area contributed by atoms with E-state index >= 15 is 0 Å². The maximum atomic E-state index is 8.74. The molecule has 2 unspecified atom stereocenters. The van der Waals surface area contributed by atoms with E-state index in [9.17, 15) is 0 Å². The van der Waals surface area contributed by atoms with E-state index in [1.807, 2.05) is 7.05 Å². The van der Waals surface area contributed by atoms with Crippen molar-refractivity contribution in [2.45, 2.75) is 25.8 Å². The van der Waals surface area contributed by atoms with Gasteiger partial charge >= 0.3 is 0 Å². The fourth-order valence-corrected chi connectivity index (χ4v) is 1.62. The van der Waals surface area contributed by atoms with Crippen molar-refractivity contribution in [2.75, 3.05) is 13.6 Å². The Kier molecular flexibility index (Phi) is 2.29. The third-order valence-corrected chi connectivity index (χ3v) is 2.32. The predicted molar refractivity (Wildman–Crippen MR) is 40.4 cm³/mol. The number of hydrogen-bond donors (Lipinski definition) is 0. The number of piperidine rings is 1. The average molecular weight is 138 g/mol. The second-order valence-corrected chi connectivity index (χ2v) is 3.17. The lowest BCUT2D eigenvalue weighted by atomic mass is 9.92.